The maximum Gasteiger partial charge on any atom is 0.123 e. The summed E-state index contributed by atoms with van der Waals surface area (Å²) in [5, 5.41) is 0. The maximum absolute atomic E-state index is 13.1. The molecule has 0 atom stereocenters. The molecule has 0 spiro atoms. The molecule has 0 aromatic heterocycles. The molecule has 2 nitrogen and oxygen atoms in total. The second kappa shape index (κ2) is 6.13. The Hall–Kier alpha value is -1.09. The summed E-state index contributed by atoms with van der Waals surface area (Å²) in [4.78, 5) is 2.27. The Kier molecular flexibility index (Phi) is 4.69. The zero-order chi connectivity index (χ0) is 14.8. The van der Waals surface area contributed by atoms with Crippen LogP contribution in [0.3, 0.4) is 0 Å². The Labute approximate surface area is 122 Å². The molecule has 1 aromatic rings. The molecule has 1 aromatic carbocycles. The number of likely N-dealkylation sites (N-methyl/N-ethyl adjacent to an activating group) is 1. The van der Waals surface area contributed by atoms with Gasteiger partial charge in [-0.05, 0) is 61.8 Å². The molecule has 112 valence electrons. The summed E-state index contributed by atoms with van der Waals surface area (Å²) in [6.07, 6.45) is 4.72. The van der Waals surface area contributed by atoms with Crippen molar-refractivity contribution in [1.82, 2.24) is 0 Å². The van der Waals surface area contributed by atoms with Gasteiger partial charge in [-0.3, -0.25) is 0 Å². The van der Waals surface area contributed by atoms with Gasteiger partial charge in [0.1, 0.15) is 5.82 Å². The Morgan fingerprint density at radius 3 is 2.25 bits per heavy atom. The first-order valence-electron chi connectivity index (χ1n) is 7.68. The maximum atomic E-state index is 13.1. The third-order valence-corrected chi connectivity index (χ3v) is 5.21. The zero-order valence-corrected chi connectivity index (χ0v) is 12.9. The summed E-state index contributed by atoms with van der Waals surface area (Å²) in [6.45, 7) is 5.28. The highest BCUT2D eigenvalue weighted by Gasteiger charge is 2.38. The number of hydrogen-bond acceptors (Lipinski definition) is 2. The molecule has 2 rings (SSSR count). The van der Waals surface area contributed by atoms with Crippen molar-refractivity contribution in [3.05, 3.63) is 30.1 Å². The fraction of sp³-hybridized carbons (Fsp3) is 0.647. The third kappa shape index (κ3) is 2.98. The van der Waals surface area contributed by atoms with E-state index in [0.29, 0.717) is 6.54 Å². The minimum atomic E-state index is -0.188. The predicted octanol–water partition coefficient (Wildman–Crippen LogP) is 3.81. The molecule has 1 aliphatic rings. The Balaban J connectivity index is 2.13. The highest BCUT2D eigenvalue weighted by Crippen LogP contribution is 2.40. The van der Waals surface area contributed by atoms with Crippen LogP contribution in [0.25, 0.3) is 0 Å². The minimum Gasteiger partial charge on any atom is -0.368 e. The van der Waals surface area contributed by atoms with Gasteiger partial charge in [0.2, 0.25) is 0 Å². The van der Waals surface area contributed by atoms with E-state index in [-0.39, 0.29) is 11.4 Å². The molecule has 0 saturated heterocycles. The van der Waals surface area contributed by atoms with Crippen LogP contribution in [0, 0.1) is 17.7 Å². The van der Waals surface area contributed by atoms with E-state index in [9.17, 15) is 4.39 Å². The van der Waals surface area contributed by atoms with Crippen LogP contribution in [-0.4, -0.2) is 19.1 Å². The quantitative estimate of drug-likeness (QED) is 0.907. The van der Waals surface area contributed by atoms with E-state index in [1.54, 1.807) is 0 Å². The highest BCUT2D eigenvalue weighted by atomic mass is 19.1. The fourth-order valence-corrected chi connectivity index (χ4v) is 3.46. The first-order valence-corrected chi connectivity index (χ1v) is 7.68. The summed E-state index contributed by atoms with van der Waals surface area (Å²) in [6, 6.07) is 6.74. The van der Waals surface area contributed by atoms with Gasteiger partial charge < -0.3 is 10.6 Å². The minimum absolute atomic E-state index is 0.0310. The number of halogens is 1. The van der Waals surface area contributed by atoms with Crippen molar-refractivity contribution >= 4 is 5.69 Å². The largest absolute Gasteiger partial charge is 0.368 e. The lowest BCUT2D eigenvalue weighted by Crippen LogP contribution is -2.54. The van der Waals surface area contributed by atoms with Gasteiger partial charge in [0.15, 0.2) is 0 Å². The first-order chi connectivity index (χ1) is 9.48. The molecule has 0 bridgehead atoms. The molecule has 3 heteroatoms. The molecule has 0 unspecified atom stereocenters. The van der Waals surface area contributed by atoms with Crippen LogP contribution >= 0.6 is 0 Å². The summed E-state index contributed by atoms with van der Waals surface area (Å²) < 4.78 is 13.1. The number of hydrogen-bond donors (Lipinski definition) is 1. The summed E-state index contributed by atoms with van der Waals surface area (Å²) in [5.74, 6) is 1.38. The van der Waals surface area contributed by atoms with Crippen molar-refractivity contribution in [3.8, 4) is 0 Å². The van der Waals surface area contributed by atoms with E-state index in [4.69, 9.17) is 5.73 Å². The van der Waals surface area contributed by atoms with Gasteiger partial charge in [-0.25, -0.2) is 4.39 Å². The van der Waals surface area contributed by atoms with Crippen LogP contribution in [0.15, 0.2) is 24.3 Å². The van der Waals surface area contributed by atoms with Crippen LogP contribution in [-0.2, 0) is 0 Å². The zero-order valence-electron chi connectivity index (χ0n) is 12.9. The van der Waals surface area contributed by atoms with E-state index in [2.05, 4.69) is 25.8 Å². The van der Waals surface area contributed by atoms with E-state index >= 15 is 0 Å². The number of nitrogens with two attached hydrogens (primary N) is 1. The Morgan fingerprint density at radius 1 is 1.25 bits per heavy atom. The average molecular weight is 278 g/mol. The van der Waals surface area contributed by atoms with Crippen LogP contribution in [0.4, 0.5) is 10.1 Å². The molecular formula is C17H27FN2. The Morgan fingerprint density at radius 2 is 1.80 bits per heavy atom. The lowest BCUT2D eigenvalue weighted by molar-refractivity contribution is 0.194. The van der Waals surface area contributed by atoms with Crippen molar-refractivity contribution in [2.45, 2.75) is 45.1 Å². The molecule has 1 fully saturated rings. The van der Waals surface area contributed by atoms with Crippen LogP contribution in [0.1, 0.15) is 39.5 Å². The van der Waals surface area contributed by atoms with Crippen molar-refractivity contribution < 1.29 is 4.39 Å². The summed E-state index contributed by atoms with van der Waals surface area (Å²) in [7, 11) is 2.09. The van der Waals surface area contributed by atoms with Crippen LogP contribution < -0.4 is 10.6 Å². The topological polar surface area (TPSA) is 29.3 Å². The van der Waals surface area contributed by atoms with E-state index in [1.807, 2.05) is 12.1 Å². The van der Waals surface area contributed by atoms with Gasteiger partial charge >= 0.3 is 0 Å². The highest BCUT2D eigenvalue weighted by molar-refractivity contribution is 5.48. The standard InChI is InChI=1S/C17H27FN2/c1-13(2)14-8-10-17(12-19,11-9-14)20(3)16-6-4-15(18)5-7-16/h4-7,13-14H,8-12,19H2,1-3H3. The first kappa shape index (κ1) is 15.3. The predicted molar refractivity (Wildman–Crippen MR) is 83.4 cm³/mol. The second-order valence-corrected chi connectivity index (χ2v) is 6.55. The van der Waals surface area contributed by atoms with E-state index < -0.39 is 0 Å². The van der Waals surface area contributed by atoms with Gasteiger partial charge in [0, 0.05) is 19.3 Å². The molecule has 0 amide bonds. The molecule has 0 aliphatic heterocycles. The normalized spacial score (nSPS) is 26.8. The van der Waals surface area contributed by atoms with Crippen molar-refractivity contribution in [2.24, 2.45) is 17.6 Å². The molecule has 20 heavy (non-hydrogen) atoms. The molecule has 0 heterocycles. The van der Waals surface area contributed by atoms with Gasteiger partial charge in [0.25, 0.3) is 0 Å². The van der Waals surface area contributed by atoms with Crippen molar-refractivity contribution in [1.29, 1.82) is 0 Å². The van der Waals surface area contributed by atoms with Gasteiger partial charge in [-0.2, -0.15) is 0 Å². The summed E-state index contributed by atoms with van der Waals surface area (Å²) in [5.41, 5.74) is 7.20. The third-order valence-electron chi connectivity index (χ3n) is 5.21. The molecular weight excluding hydrogens is 251 g/mol. The lowest BCUT2D eigenvalue weighted by atomic mass is 9.72. The number of benzene rings is 1. The smallest absolute Gasteiger partial charge is 0.123 e. The SMILES string of the molecule is CC(C)C1CCC(CN)(N(C)c2ccc(F)cc2)CC1. The van der Waals surface area contributed by atoms with Crippen LogP contribution in [0.5, 0.6) is 0 Å². The Bertz CT molecular complexity index is 419. The van der Waals surface area contributed by atoms with Gasteiger partial charge in [0.05, 0.1) is 5.54 Å². The summed E-state index contributed by atoms with van der Waals surface area (Å²) >= 11 is 0. The monoisotopic (exact) mass is 278 g/mol. The molecule has 0 radical (unpaired) electrons. The number of rotatable bonds is 4. The van der Waals surface area contributed by atoms with E-state index in [0.717, 1.165) is 30.4 Å². The number of anilines is 1. The fourth-order valence-electron chi connectivity index (χ4n) is 3.46. The molecule has 2 N–H and O–H groups in total. The van der Waals surface area contributed by atoms with Crippen molar-refractivity contribution in [3.63, 3.8) is 0 Å². The lowest BCUT2D eigenvalue weighted by Gasteiger charge is -2.47. The van der Waals surface area contributed by atoms with Gasteiger partial charge in [-0.15, -0.1) is 0 Å². The second-order valence-electron chi connectivity index (χ2n) is 6.55. The van der Waals surface area contributed by atoms with Crippen LogP contribution in [0.2, 0.25) is 0 Å². The molecule has 1 saturated carbocycles. The van der Waals surface area contributed by atoms with E-state index in [1.165, 1.54) is 25.0 Å². The molecule has 1 aliphatic carbocycles. The van der Waals surface area contributed by atoms with Gasteiger partial charge in [-0.1, -0.05) is 13.8 Å². The number of nitrogens with zero attached hydrogens (tertiary/aromatic N) is 1. The van der Waals surface area contributed by atoms with Crippen molar-refractivity contribution in [2.75, 3.05) is 18.5 Å². The average Bonchev–Trinajstić information content (AvgIpc) is 2.47.